The van der Waals surface area contributed by atoms with Gasteiger partial charge in [0.25, 0.3) is 5.89 Å². The maximum Gasteiger partial charge on any atom is 0.319 e. The summed E-state index contributed by atoms with van der Waals surface area (Å²) in [5, 5.41) is 11.6. The molecule has 0 aliphatic carbocycles. The van der Waals surface area contributed by atoms with E-state index in [4.69, 9.17) is 15.1 Å². The van der Waals surface area contributed by atoms with Gasteiger partial charge in [-0.3, -0.25) is 4.79 Å². The molecule has 0 bridgehead atoms. The molecule has 5 rings (SSSR count). The first-order valence-corrected chi connectivity index (χ1v) is 10.3. The lowest BCUT2D eigenvalue weighted by molar-refractivity contribution is -0.119. The van der Waals surface area contributed by atoms with Crippen LogP contribution in [-0.2, 0) is 4.79 Å². The summed E-state index contributed by atoms with van der Waals surface area (Å²) in [5.41, 5.74) is 7.38. The predicted molar refractivity (Wildman–Crippen MR) is 113 cm³/mol. The van der Waals surface area contributed by atoms with Gasteiger partial charge in [-0.25, -0.2) is 4.98 Å². The first-order valence-electron chi connectivity index (χ1n) is 9.46. The van der Waals surface area contributed by atoms with Crippen molar-refractivity contribution < 1.29 is 9.21 Å². The van der Waals surface area contributed by atoms with Gasteiger partial charge in [0.1, 0.15) is 15.9 Å². The monoisotopic (exact) mass is 405 g/mol. The molecule has 8 heteroatoms. The van der Waals surface area contributed by atoms with Crippen LogP contribution in [-0.4, -0.2) is 33.7 Å². The molecule has 1 amide bonds. The maximum absolute atomic E-state index is 11.7. The third-order valence-corrected chi connectivity index (χ3v) is 6.42. The summed E-state index contributed by atoms with van der Waals surface area (Å²) in [6.45, 7) is 2.61. The van der Waals surface area contributed by atoms with Gasteiger partial charge in [-0.15, -0.1) is 16.4 Å². The number of amides is 1. The lowest BCUT2D eigenvalue weighted by Gasteiger charge is -2.18. The van der Waals surface area contributed by atoms with Crippen molar-refractivity contribution in [3.05, 3.63) is 48.2 Å². The molecule has 0 saturated carbocycles. The molecular formula is C21H19N5O2S. The minimum atomic E-state index is -0.390. The highest BCUT2D eigenvalue weighted by atomic mass is 32.1. The average molecular weight is 405 g/mol. The summed E-state index contributed by atoms with van der Waals surface area (Å²) in [6, 6.07) is 14.5. The maximum atomic E-state index is 11.7. The number of thiazole rings is 1. The molecule has 4 aromatic rings. The number of anilines is 1. The molecule has 2 N–H and O–H groups in total. The first-order chi connectivity index (χ1) is 14.1. The van der Waals surface area contributed by atoms with E-state index in [1.807, 2.05) is 19.1 Å². The lowest BCUT2D eigenvalue weighted by atomic mass is 10.1. The van der Waals surface area contributed by atoms with Crippen molar-refractivity contribution >= 4 is 34.0 Å². The van der Waals surface area contributed by atoms with Crippen LogP contribution in [0.15, 0.2) is 46.9 Å². The number of carbonyl (C=O) groups is 1. The summed E-state index contributed by atoms with van der Waals surface area (Å²) >= 11 is 1.52. The summed E-state index contributed by atoms with van der Waals surface area (Å²) in [4.78, 5) is 19.0. The number of hydrogen-bond acceptors (Lipinski definition) is 7. The molecule has 0 radical (unpaired) electrons. The number of aromatic nitrogens is 3. The Balaban J connectivity index is 1.48. The lowest BCUT2D eigenvalue weighted by Crippen LogP contribution is -2.40. The fourth-order valence-corrected chi connectivity index (χ4v) is 4.74. The number of carbonyl (C=O) groups excluding carboxylic acids is 1. The molecule has 3 heterocycles. The Bertz CT molecular complexity index is 1210. The van der Waals surface area contributed by atoms with Gasteiger partial charge in [-0.2, -0.15) is 0 Å². The zero-order chi connectivity index (χ0) is 20.0. The van der Waals surface area contributed by atoms with Gasteiger partial charge >= 0.3 is 6.01 Å². The molecule has 1 aliphatic heterocycles. The van der Waals surface area contributed by atoms with Crippen LogP contribution in [0.2, 0.25) is 0 Å². The van der Waals surface area contributed by atoms with Crippen LogP contribution in [0.3, 0.4) is 0 Å². The fourth-order valence-electron chi connectivity index (χ4n) is 3.76. The van der Waals surface area contributed by atoms with Gasteiger partial charge in [0.05, 0.1) is 5.69 Å². The highest BCUT2D eigenvalue weighted by molar-refractivity contribution is 7.18. The minimum absolute atomic E-state index is 0.335. The van der Waals surface area contributed by atoms with Crippen LogP contribution in [0, 0.1) is 6.92 Å². The Hall–Kier alpha value is -3.26. The second-order valence-corrected chi connectivity index (χ2v) is 8.14. The van der Waals surface area contributed by atoms with Crippen molar-refractivity contribution in [2.75, 3.05) is 11.4 Å². The SMILES string of the molecule is Cc1nc(-c2ccc3ccccc3c2)sc1-c1nnc(N2CCC[C@H]2C(N)=O)o1. The molecular weight excluding hydrogens is 386 g/mol. The molecule has 7 nitrogen and oxygen atoms in total. The highest BCUT2D eigenvalue weighted by Gasteiger charge is 2.33. The minimum Gasteiger partial charge on any atom is -0.402 e. The Morgan fingerprint density at radius 3 is 2.86 bits per heavy atom. The van der Waals surface area contributed by atoms with Crippen molar-refractivity contribution in [1.82, 2.24) is 15.2 Å². The molecule has 2 aromatic heterocycles. The van der Waals surface area contributed by atoms with Crippen molar-refractivity contribution in [3.8, 4) is 21.3 Å². The second kappa shape index (κ2) is 6.97. The first kappa shape index (κ1) is 17.8. The standard InChI is InChI=1S/C21H19N5O2S/c1-12-17(19-24-25-21(28-19)26-10-4-7-16(26)18(22)27)29-20(23-12)15-9-8-13-5-2-3-6-14(13)11-15/h2-3,5-6,8-9,11,16H,4,7,10H2,1H3,(H2,22,27)/t16-/m0/s1. The predicted octanol–water partition coefficient (Wildman–Crippen LogP) is 3.78. The molecule has 1 fully saturated rings. The van der Waals surface area contributed by atoms with E-state index in [1.165, 1.54) is 22.1 Å². The quantitative estimate of drug-likeness (QED) is 0.555. The summed E-state index contributed by atoms with van der Waals surface area (Å²) in [5.74, 6) is 0.0481. The van der Waals surface area contributed by atoms with E-state index in [-0.39, 0.29) is 11.9 Å². The van der Waals surface area contributed by atoms with Gasteiger partial charge in [-0.05, 0) is 36.6 Å². The van der Waals surface area contributed by atoms with E-state index in [0.29, 0.717) is 24.9 Å². The van der Waals surface area contributed by atoms with E-state index in [1.54, 1.807) is 4.90 Å². The smallest absolute Gasteiger partial charge is 0.319 e. The molecule has 1 atom stereocenters. The van der Waals surface area contributed by atoms with E-state index in [9.17, 15) is 4.79 Å². The van der Waals surface area contributed by atoms with Gasteiger partial charge < -0.3 is 15.1 Å². The summed E-state index contributed by atoms with van der Waals surface area (Å²) in [6.07, 6.45) is 1.58. The van der Waals surface area contributed by atoms with Crippen LogP contribution in [0.5, 0.6) is 0 Å². The van der Waals surface area contributed by atoms with Crippen molar-refractivity contribution in [1.29, 1.82) is 0 Å². The van der Waals surface area contributed by atoms with Crippen molar-refractivity contribution in [2.24, 2.45) is 5.73 Å². The van der Waals surface area contributed by atoms with Gasteiger partial charge in [0.15, 0.2) is 0 Å². The zero-order valence-corrected chi connectivity index (χ0v) is 16.6. The number of nitrogens with two attached hydrogens (primary N) is 1. The van der Waals surface area contributed by atoms with E-state index in [0.717, 1.165) is 27.6 Å². The normalized spacial score (nSPS) is 16.6. The average Bonchev–Trinajstić information content (AvgIpc) is 3.46. The van der Waals surface area contributed by atoms with Gasteiger partial charge in [-0.1, -0.05) is 41.5 Å². The van der Waals surface area contributed by atoms with Crippen molar-refractivity contribution in [2.45, 2.75) is 25.8 Å². The Kier molecular flexibility index (Phi) is 4.28. The van der Waals surface area contributed by atoms with Crippen LogP contribution < -0.4 is 10.6 Å². The number of nitrogens with zero attached hydrogens (tertiary/aromatic N) is 4. The topological polar surface area (TPSA) is 98.1 Å². The molecule has 2 aromatic carbocycles. The number of aryl methyl sites for hydroxylation is 1. The molecule has 1 saturated heterocycles. The van der Waals surface area contributed by atoms with Crippen LogP contribution >= 0.6 is 11.3 Å². The molecule has 1 aliphatic rings. The number of hydrogen-bond donors (Lipinski definition) is 1. The van der Waals surface area contributed by atoms with Gasteiger partial charge in [0, 0.05) is 12.1 Å². The third kappa shape index (κ3) is 3.15. The van der Waals surface area contributed by atoms with E-state index >= 15 is 0 Å². The number of fused-ring (bicyclic) bond motifs is 1. The Morgan fingerprint density at radius 1 is 1.21 bits per heavy atom. The summed E-state index contributed by atoms with van der Waals surface area (Å²) < 4.78 is 5.90. The third-order valence-electron chi connectivity index (χ3n) is 5.23. The van der Waals surface area contributed by atoms with Crippen molar-refractivity contribution in [3.63, 3.8) is 0 Å². The van der Waals surface area contributed by atoms with Crippen LogP contribution in [0.4, 0.5) is 6.01 Å². The van der Waals surface area contributed by atoms with Gasteiger partial charge in [0.2, 0.25) is 5.91 Å². The highest BCUT2D eigenvalue weighted by Crippen LogP contribution is 2.37. The van der Waals surface area contributed by atoms with E-state index in [2.05, 4.69) is 40.5 Å². The Labute approximate surface area is 171 Å². The molecule has 0 spiro atoms. The fraction of sp³-hybridized carbons (Fsp3) is 0.238. The number of benzene rings is 2. The summed E-state index contributed by atoms with van der Waals surface area (Å²) in [7, 11) is 0. The van der Waals surface area contributed by atoms with E-state index < -0.39 is 0 Å². The largest absolute Gasteiger partial charge is 0.402 e. The number of primary amides is 1. The van der Waals surface area contributed by atoms with Crippen LogP contribution in [0.1, 0.15) is 18.5 Å². The Morgan fingerprint density at radius 2 is 2.03 bits per heavy atom. The van der Waals surface area contributed by atoms with Crippen LogP contribution in [0.25, 0.3) is 32.1 Å². The second-order valence-electron chi connectivity index (χ2n) is 7.14. The molecule has 29 heavy (non-hydrogen) atoms. The molecule has 0 unspecified atom stereocenters. The number of rotatable bonds is 4. The zero-order valence-electron chi connectivity index (χ0n) is 15.8. The molecule has 146 valence electrons.